The van der Waals surface area contributed by atoms with Crippen LogP contribution >= 0.6 is 11.6 Å². The summed E-state index contributed by atoms with van der Waals surface area (Å²) >= 11 is 6.10. The van der Waals surface area contributed by atoms with E-state index in [1.54, 1.807) is 25.3 Å². The minimum Gasteiger partial charge on any atom is -0.497 e. The Morgan fingerprint density at radius 2 is 1.82 bits per heavy atom. The maximum atomic E-state index is 13.5. The molecule has 3 rings (SSSR count). The van der Waals surface area contributed by atoms with Crippen molar-refractivity contribution in [3.63, 3.8) is 0 Å². The molecule has 1 N–H and O–H groups in total. The fraction of sp³-hybridized carbons (Fsp3) is 0.259. The summed E-state index contributed by atoms with van der Waals surface area (Å²) in [6.07, 6.45) is 1.91. The molecule has 38 heavy (non-hydrogen) atoms. The van der Waals surface area contributed by atoms with Crippen molar-refractivity contribution in [1.29, 1.82) is 5.26 Å². The number of benzene rings is 2. The van der Waals surface area contributed by atoms with Crippen LogP contribution in [0.25, 0.3) is 0 Å². The molecule has 198 valence electrons. The Bertz CT molecular complexity index is 1430. The highest BCUT2D eigenvalue weighted by atomic mass is 35.5. The standard InChI is InChI=1S/C27H26ClN3O7/c1-35-10-4-9-31-15-18(11-17(14-29)27(31)34)26(33)21-13-20(36-2)6-8-23(21)38-16-25(32)30-19-5-7-24(37-3)22(28)12-19/h5-8,11-13,15H,4,9-10,16H2,1-3H3,(H,30,32). The first-order valence-corrected chi connectivity index (χ1v) is 11.8. The number of anilines is 1. The number of hydrogen-bond acceptors (Lipinski definition) is 8. The molecular formula is C27H26ClN3O7. The summed E-state index contributed by atoms with van der Waals surface area (Å²) in [5.41, 5.74) is -0.0338. The van der Waals surface area contributed by atoms with E-state index in [0.29, 0.717) is 35.2 Å². The predicted molar refractivity (Wildman–Crippen MR) is 140 cm³/mol. The first-order valence-electron chi connectivity index (χ1n) is 11.4. The zero-order chi connectivity index (χ0) is 27.7. The van der Waals surface area contributed by atoms with E-state index in [2.05, 4.69) is 5.32 Å². The Balaban J connectivity index is 1.85. The zero-order valence-electron chi connectivity index (χ0n) is 21.1. The fourth-order valence-corrected chi connectivity index (χ4v) is 3.82. The molecule has 0 atom stereocenters. The first-order chi connectivity index (χ1) is 18.3. The highest BCUT2D eigenvalue weighted by Gasteiger charge is 2.20. The summed E-state index contributed by atoms with van der Waals surface area (Å²) < 4.78 is 22.4. The molecule has 2 aromatic carbocycles. The average molecular weight is 540 g/mol. The van der Waals surface area contributed by atoms with E-state index in [0.717, 1.165) is 0 Å². The Morgan fingerprint density at radius 3 is 2.47 bits per heavy atom. The topological polar surface area (TPSA) is 129 Å². The Morgan fingerprint density at radius 1 is 1.05 bits per heavy atom. The van der Waals surface area contributed by atoms with Gasteiger partial charge < -0.3 is 28.8 Å². The minimum absolute atomic E-state index is 0.0932. The van der Waals surface area contributed by atoms with Crippen LogP contribution in [0.2, 0.25) is 5.02 Å². The van der Waals surface area contributed by atoms with Crippen LogP contribution in [-0.4, -0.2) is 50.8 Å². The highest BCUT2D eigenvalue weighted by molar-refractivity contribution is 6.32. The molecule has 10 nitrogen and oxygen atoms in total. The van der Waals surface area contributed by atoms with Gasteiger partial charge in [0.25, 0.3) is 11.5 Å². The van der Waals surface area contributed by atoms with E-state index in [1.165, 1.54) is 49.2 Å². The van der Waals surface area contributed by atoms with Crippen molar-refractivity contribution >= 4 is 29.0 Å². The quantitative estimate of drug-likeness (QED) is 0.272. The van der Waals surface area contributed by atoms with Crippen LogP contribution in [0.15, 0.2) is 53.5 Å². The average Bonchev–Trinajstić information content (AvgIpc) is 2.92. The normalized spacial score (nSPS) is 10.4. The van der Waals surface area contributed by atoms with E-state index < -0.39 is 23.9 Å². The van der Waals surface area contributed by atoms with Crippen LogP contribution < -0.4 is 25.1 Å². The Kier molecular flexibility index (Phi) is 9.87. The van der Waals surface area contributed by atoms with Gasteiger partial charge in [-0.1, -0.05) is 11.6 Å². The number of aryl methyl sites for hydroxylation is 1. The number of aromatic nitrogens is 1. The number of amides is 1. The van der Waals surface area contributed by atoms with Gasteiger partial charge in [-0.3, -0.25) is 14.4 Å². The molecule has 3 aromatic rings. The summed E-state index contributed by atoms with van der Waals surface area (Å²) in [6.45, 7) is 0.265. The number of carbonyl (C=O) groups is 2. The molecular weight excluding hydrogens is 514 g/mol. The lowest BCUT2D eigenvalue weighted by molar-refractivity contribution is -0.118. The summed E-state index contributed by atoms with van der Waals surface area (Å²) in [5.74, 6) is -0.0367. The van der Waals surface area contributed by atoms with Crippen molar-refractivity contribution in [2.45, 2.75) is 13.0 Å². The van der Waals surface area contributed by atoms with Gasteiger partial charge in [0.05, 0.1) is 24.8 Å². The van der Waals surface area contributed by atoms with Crippen molar-refractivity contribution in [3.8, 4) is 23.3 Å². The van der Waals surface area contributed by atoms with E-state index in [9.17, 15) is 19.6 Å². The lowest BCUT2D eigenvalue weighted by atomic mass is 10.0. The first kappa shape index (κ1) is 28.2. The van der Waals surface area contributed by atoms with Gasteiger partial charge in [-0.2, -0.15) is 5.26 Å². The van der Waals surface area contributed by atoms with E-state index in [-0.39, 0.29) is 29.0 Å². The second-order valence-corrected chi connectivity index (χ2v) is 8.38. The largest absolute Gasteiger partial charge is 0.497 e. The molecule has 1 amide bonds. The van der Waals surface area contributed by atoms with Gasteiger partial charge in [0.1, 0.15) is 28.9 Å². The van der Waals surface area contributed by atoms with Crippen molar-refractivity contribution < 1.29 is 28.5 Å². The van der Waals surface area contributed by atoms with Crippen molar-refractivity contribution in [1.82, 2.24) is 4.57 Å². The Labute approximate surface area is 224 Å². The third-order valence-electron chi connectivity index (χ3n) is 5.44. The third-order valence-corrected chi connectivity index (χ3v) is 5.74. The lowest BCUT2D eigenvalue weighted by Gasteiger charge is -2.14. The molecule has 0 aliphatic carbocycles. The number of pyridine rings is 1. The van der Waals surface area contributed by atoms with Gasteiger partial charge >= 0.3 is 0 Å². The molecule has 0 radical (unpaired) electrons. The number of hydrogen-bond donors (Lipinski definition) is 1. The van der Waals surface area contributed by atoms with Crippen molar-refractivity contribution in [3.05, 3.63) is 80.7 Å². The summed E-state index contributed by atoms with van der Waals surface area (Å²) in [7, 11) is 4.47. The van der Waals surface area contributed by atoms with Crippen LogP contribution in [-0.2, 0) is 16.1 Å². The molecule has 0 bridgehead atoms. The number of methoxy groups -OCH3 is 3. The number of nitrogens with one attached hydrogen (secondary N) is 1. The molecule has 0 unspecified atom stereocenters. The second-order valence-electron chi connectivity index (χ2n) is 7.98. The third kappa shape index (κ3) is 6.91. The maximum Gasteiger partial charge on any atom is 0.268 e. The van der Waals surface area contributed by atoms with Gasteiger partial charge in [0.2, 0.25) is 0 Å². The van der Waals surface area contributed by atoms with Crippen LogP contribution in [0.5, 0.6) is 17.2 Å². The maximum absolute atomic E-state index is 13.5. The van der Waals surface area contributed by atoms with Gasteiger partial charge in [-0.15, -0.1) is 0 Å². The SMILES string of the molecule is COCCCn1cc(C(=O)c2cc(OC)ccc2OCC(=O)Nc2ccc(OC)c(Cl)c2)cc(C#N)c1=O. The number of halogens is 1. The van der Waals surface area contributed by atoms with Gasteiger partial charge in [-0.25, -0.2) is 0 Å². The fourth-order valence-electron chi connectivity index (χ4n) is 3.56. The predicted octanol–water partition coefficient (Wildman–Crippen LogP) is 3.68. The van der Waals surface area contributed by atoms with Gasteiger partial charge in [-0.05, 0) is 48.9 Å². The number of nitrogens with zero attached hydrogens (tertiary/aromatic N) is 2. The number of carbonyl (C=O) groups excluding carboxylic acids is 2. The highest BCUT2D eigenvalue weighted by Crippen LogP contribution is 2.28. The molecule has 1 heterocycles. The van der Waals surface area contributed by atoms with Crippen LogP contribution in [0.3, 0.4) is 0 Å². The van der Waals surface area contributed by atoms with E-state index in [4.69, 9.17) is 30.5 Å². The molecule has 0 saturated heterocycles. The number of rotatable bonds is 12. The van der Waals surface area contributed by atoms with Crippen LogP contribution in [0, 0.1) is 11.3 Å². The zero-order valence-corrected chi connectivity index (χ0v) is 21.8. The van der Waals surface area contributed by atoms with Crippen LogP contribution in [0.4, 0.5) is 5.69 Å². The van der Waals surface area contributed by atoms with E-state index in [1.807, 2.05) is 6.07 Å². The number of ether oxygens (including phenoxy) is 4. The smallest absolute Gasteiger partial charge is 0.268 e. The van der Waals surface area contributed by atoms with Crippen molar-refractivity contribution in [2.24, 2.45) is 0 Å². The van der Waals surface area contributed by atoms with Crippen LogP contribution in [0.1, 0.15) is 27.9 Å². The lowest BCUT2D eigenvalue weighted by Crippen LogP contribution is -2.25. The molecule has 11 heteroatoms. The molecule has 0 saturated carbocycles. The van der Waals surface area contributed by atoms with Gasteiger partial charge in [0, 0.05) is 37.7 Å². The summed E-state index contributed by atoms with van der Waals surface area (Å²) in [6, 6.07) is 12.4. The van der Waals surface area contributed by atoms with Crippen molar-refractivity contribution in [2.75, 3.05) is 39.9 Å². The monoisotopic (exact) mass is 539 g/mol. The van der Waals surface area contributed by atoms with Gasteiger partial charge in [0.15, 0.2) is 12.4 Å². The number of ketones is 1. The molecule has 0 spiro atoms. The number of nitriles is 1. The molecule has 0 aliphatic heterocycles. The van der Waals surface area contributed by atoms with E-state index >= 15 is 0 Å². The second kappa shape index (κ2) is 13.3. The Hall–Kier alpha value is -4.33. The molecule has 1 aromatic heterocycles. The minimum atomic E-state index is -0.516. The molecule has 0 aliphatic rings. The summed E-state index contributed by atoms with van der Waals surface area (Å²) in [5, 5.41) is 12.4. The molecule has 0 fully saturated rings. The summed E-state index contributed by atoms with van der Waals surface area (Å²) in [4.78, 5) is 38.6.